The number of carbonyl (C=O) groups excluding carboxylic acids is 2. The van der Waals surface area contributed by atoms with Crippen LogP contribution >= 0.6 is 0 Å². The number of benzene rings is 3. The molecule has 1 amide bonds. The van der Waals surface area contributed by atoms with E-state index in [9.17, 15) is 9.59 Å². The van der Waals surface area contributed by atoms with Gasteiger partial charge in [-0.15, -0.1) is 0 Å². The van der Waals surface area contributed by atoms with Crippen molar-refractivity contribution in [3.05, 3.63) is 95.2 Å². The maximum Gasteiger partial charge on any atom is 0.309 e. The van der Waals surface area contributed by atoms with Gasteiger partial charge in [0, 0.05) is 23.1 Å². The number of amides is 1. The minimum atomic E-state index is -0.409. The highest BCUT2D eigenvalue weighted by Crippen LogP contribution is 2.28. The third-order valence-corrected chi connectivity index (χ3v) is 5.31. The van der Waals surface area contributed by atoms with Gasteiger partial charge in [0.1, 0.15) is 12.2 Å². The molecular formula is C26H24N2O5. The second-order valence-corrected chi connectivity index (χ2v) is 7.55. The lowest BCUT2D eigenvalue weighted by atomic mass is 10.0. The molecule has 33 heavy (non-hydrogen) atoms. The molecule has 0 atom stereocenters. The van der Waals surface area contributed by atoms with Crippen LogP contribution in [0.5, 0.6) is 0 Å². The lowest BCUT2D eigenvalue weighted by molar-refractivity contribution is -0.139. The van der Waals surface area contributed by atoms with Crippen LogP contribution in [0.1, 0.15) is 27.0 Å². The Morgan fingerprint density at radius 2 is 1.76 bits per heavy atom. The molecule has 3 N–H and O–H groups in total. The Balaban J connectivity index is 1.44. The molecule has 4 rings (SSSR count). The summed E-state index contributed by atoms with van der Waals surface area (Å²) in [5.41, 5.74) is 14.0. The first-order valence-corrected chi connectivity index (χ1v) is 10.4. The zero-order valence-electron chi connectivity index (χ0n) is 18.2. The molecule has 0 unspecified atom stereocenters. The maximum absolute atomic E-state index is 12.5. The van der Waals surface area contributed by atoms with Crippen LogP contribution in [0.25, 0.3) is 22.1 Å². The topological polar surface area (TPSA) is 104 Å². The van der Waals surface area contributed by atoms with Crippen molar-refractivity contribution in [2.45, 2.75) is 19.6 Å². The smallest absolute Gasteiger partial charge is 0.309 e. The Morgan fingerprint density at radius 1 is 0.970 bits per heavy atom. The predicted molar refractivity (Wildman–Crippen MR) is 124 cm³/mol. The van der Waals surface area contributed by atoms with E-state index in [1.807, 2.05) is 36.4 Å². The first-order valence-electron chi connectivity index (χ1n) is 10.4. The molecule has 0 saturated heterocycles. The van der Waals surface area contributed by atoms with Gasteiger partial charge in [-0.3, -0.25) is 14.4 Å². The Kier molecular flexibility index (Phi) is 6.83. The van der Waals surface area contributed by atoms with Crippen LogP contribution in [0.4, 0.5) is 0 Å². The van der Waals surface area contributed by atoms with Crippen molar-refractivity contribution < 1.29 is 23.6 Å². The van der Waals surface area contributed by atoms with Crippen LogP contribution in [0, 0.1) is 0 Å². The number of esters is 1. The normalized spacial score (nSPS) is 10.8. The lowest BCUT2D eigenvalue weighted by Crippen LogP contribution is -2.23. The number of hydroxylamine groups is 1. The molecule has 168 valence electrons. The number of furan rings is 1. The van der Waals surface area contributed by atoms with Gasteiger partial charge in [-0.2, -0.15) is 0 Å². The van der Waals surface area contributed by atoms with Crippen LogP contribution in [-0.4, -0.2) is 19.0 Å². The molecule has 0 spiro atoms. The quantitative estimate of drug-likeness (QED) is 0.313. The maximum atomic E-state index is 12.5. The van der Waals surface area contributed by atoms with E-state index in [0.29, 0.717) is 17.7 Å². The monoisotopic (exact) mass is 444 g/mol. The summed E-state index contributed by atoms with van der Waals surface area (Å²) in [4.78, 5) is 29.4. The number of rotatable bonds is 8. The molecule has 0 bridgehead atoms. The highest BCUT2D eigenvalue weighted by atomic mass is 16.6. The zero-order chi connectivity index (χ0) is 23.2. The average Bonchev–Trinajstić information content (AvgIpc) is 3.26. The average molecular weight is 444 g/mol. The SMILES string of the molecule is COC(=O)Cc1cccc(C(=O)NOCc2coc3ccc(-c4cccc(CN)c4)cc23)c1. The Bertz CT molecular complexity index is 1290. The van der Waals surface area contributed by atoms with Gasteiger partial charge in [-0.1, -0.05) is 36.4 Å². The fourth-order valence-electron chi connectivity index (χ4n) is 3.55. The minimum absolute atomic E-state index is 0.0933. The Hall–Kier alpha value is -3.94. The molecule has 0 aliphatic rings. The zero-order valence-corrected chi connectivity index (χ0v) is 18.2. The lowest BCUT2D eigenvalue weighted by Gasteiger charge is -2.07. The third kappa shape index (κ3) is 5.28. The molecule has 7 heteroatoms. The molecule has 4 aromatic rings. The van der Waals surface area contributed by atoms with Gasteiger partial charge in [0.2, 0.25) is 0 Å². The Morgan fingerprint density at radius 3 is 2.58 bits per heavy atom. The molecule has 1 aromatic heterocycles. The number of nitrogens with two attached hydrogens (primary N) is 1. The summed E-state index contributed by atoms with van der Waals surface area (Å²) in [7, 11) is 1.33. The highest BCUT2D eigenvalue weighted by Gasteiger charge is 2.12. The molecule has 7 nitrogen and oxygen atoms in total. The fourth-order valence-corrected chi connectivity index (χ4v) is 3.55. The van der Waals surface area contributed by atoms with Gasteiger partial charge < -0.3 is 14.9 Å². The van der Waals surface area contributed by atoms with Crippen LogP contribution in [0.3, 0.4) is 0 Å². The number of fused-ring (bicyclic) bond motifs is 1. The van der Waals surface area contributed by atoms with Crippen LogP contribution in [0.15, 0.2) is 77.4 Å². The van der Waals surface area contributed by atoms with Crippen LogP contribution < -0.4 is 11.2 Å². The number of carbonyl (C=O) groups is 2. The summed E-state index contributed by atoms with van der Waals surface area (Å²) in [5, 5.41) is 0.903. The van der Waals surface area contributed by atoms with E-state index in [-0.39, 0.29) is 19.0 Å². The van der Waals surface area contributed by atoms with Gasteiger partial charge in [0.05, 0.1) is 19.8 Å². The number of methoxy groups -OCH3 is 1. The van der Waals surface area contributed by atoms with Gasteiger partial charge in [-0.25, -0.2) is 5.48 Å². The summed E-state index contributed by atoms with van der Waals surface area (Å²) in [6.07, 6.45) is 1.71. The van der Waals surface area contributed by atoms with Crippen molar-refractivity contribution in [3.8, 4) is 11.1 Å². The van der Waals surface area contributed by atoms with Crippen molar-refractivity contribution in [1.82, 2.24) is 5.48 Å². The van der Waals surface area contributed by atoms with E-state index in [0.717, 1.165) is 33.2 Å². The molecule has 3 aromatic carbocycles. The molecule has 1 heterocycles. The first kappa shape index (κ1) is 22.3. The van der Waals surface area contributed by atoms with E-state index in [1.54, 1.807) is 30.5 Å². The van der Waals surface area contributed by atoms with Crippen LogP contribution in [-0.2, 0) is 33.9 Å². The van der Waals surface area contributed by atoms with E-state index in [2.05, 4.69) is 16.3 Å². The second kappa shape index (κ2) is 10.1. The number of hydrogen-bond donors (Lipinski definition) is 2. The van der Waals surface area contributed by atoms with Crippen molar-refractivity contribution in [2.75, 3.05) is 7.11 Å². The first-order chi connectivity index (χ1) is 16.1. The van der Waals surface area contributed by atoms with Crippen molar-refractivity contribution in [1.29, 1.82) is 0 Å². The van der Waals surface area contributed by atoms with Crippen molar-refractivity contribution in [2.24, 2.45) is 5.73 Å². The summed E-state index contributed by atoms with van der Waals surface area (Å²) in [5.74, 6) is -0.779. The standard InChI is InChI=1S/C26H24N2O5/c1-31-25(29)12-17-4-2-7-21(10-17)26(30)28-33-16-22-15-32-24-9-8-20(13-23(22)24)19-6-3-5-18(11-19)14-27/h2-11,13,15H,12,14,16,27H2,1H3,(H,28,30). The summed E-state index contributed by atoms with van der Waals surface area (Å²) < 4.78 is 10.3. The molecule has 0 fully saturated rings. The summed E-state index contributed by atoms with van der Waals surface area (Å²) in [6, 6.07) is 20.7. The minimum Gasteiger partial charge on any atom is -0.469 e. The van der Waals surface area contributed by atoms with E-state index < -0.39 is 5.91 Å². The van der Waals surface area contributed by atoms with Gasteiger partial charge in [0.25, 0.3) is 5.91 Å². The highest BCUT2D eigenvalue weighted by molar-refractivity contribution is 5.94. The predicted octanol–water partition coefficient (Wildman–Crippen LogP) is 4.14. The Labute approximate surface area is 191 Å². The largest absolute Gasteiger partial charge is 0.469 e. The fraction of sp³-hybridized carbons (Fsp3) is 0.154. The van der Waals surface area contributed by atoms with Gasteiger partial charge in [0.15, 0.2) is 0 Å². The summed E-state index contributed by atoms with van der Waals surface area (Å²) in [6.45, 7) is 0.610. The van der Waals surface area contributed by atoms with Crippen LogP contribution in [0.2, 0.25) is 0 Å². The van der Waals surface area contributed by atoms with E-state index in [4.69, 9.17) is 15.0 Å². The molecule has 0 aliphatic carbocycles. The van der Waals surface area contributed by atoms with Gasteiger partial charge >= 0.3 is 5.97 Å². The molecular weight excluding hydrogens is 420 g/mol. The number of ether oxygens (including phenoxy) is 1. The number of nitrogens with one attached hydrogen (secondary N) is 1. The molecule has 0 saturated carbocycles. The summed E-state index contributed by atoms with van der Waals surface area (Å²) >= 11 is 0. The second-order valence-electron chi connectivity index (χ2n) is 7.55. The van der Waals surface area contributed by atoms with Crippen molar-refractivity contribution in [3.63, 3.8) is 0 Å². The molecule has 0 aliphatic heterocycles. The van der Waals surface area contributed by atoms with E-state index >= 15 is 0 Å². The molecule has 0 radical (unpaired) electrons. The van der Waals surface area contributed by atoms with Crippen molar-refractivity contribution >= 4 is 22.8 Å². The number of hydrogen-bond acceptors (Lipinski definition) is 6. The van der Waals surface area contributed by atoms with E-state index in [1.165, 1.54) is 7.11 Å². The van der Waals surface area contributed by atoms with Gasteiger partial charge in [-0.05, 0) is 52.6 Å². The third-order valence-electron chi connectivity index (χ3n) is 5.31.